The first-order valence-electron chi connectivity index (χ1n) is 13.5. The van der Waals surface area contributed by atoms with Gasteiger partial charge in [-0.1, -0.05) is 90.1 Å². The molecule has 2 aliphatic carbocycles. The molecule has 0 saturated carbocycles. The average Bonchev–Trinajstić information content (AvgIpc) is 3.66. The zero-order valence-corrected chi connectivity index (χ0v) is 24.3. The Bertz CT molecular complexity index is 1400. The number of thiophene rings is 2. The second kappa shape index (κ2) is 9.26. The average molecular weight is 521 g/mol. The van der Waals surface area contributed by atoms with Crippen LogP contribution in [0.15, 0.2) is 71.4 Å². The van der Waals surface area contributed by atoms with Gasteiger partial charge in [-0.15, -0.1) is 22.7 Å². The predicted octanol–water partition coefficient (Wildman–Crippen LogP) is 11.1. The van der Waals surface area contributed by atoms with Crippen LogP contribution in [0.5, 0.6) is 0 Å². The summed E-state index contributed by atoms with van der Waals surface area (Å²) in [6, 6.07) is 23.1. The zero-order valence-electron chi connectivity index (χ0n) is 22.7. The van der Waals surface area contributed by atoms with Crippen molar-refractivity contribution >= 4 is 46.0 Å². The monoisotopic (exact) mass is 520 g/mol. The van der Waals surface area contributed by atoms with Gasteiger partial charge in [0.25, 0.3) is 0 Å². The molecule has 6 rings (SSSR count). The van der Waals surface area contributed by atoms with Crippen molar-refractivity contribution in [1.29, 1.82) is 0 Å². The molecule has 4 aromatic rings. The fourth-order valence-corrected chi connectivity index (χ4v) is 8.69. The van der Waals surface area contributed by atoms with Crippen LogP contribution in [-0.2, 0) is 0 Å². The Balaban J connectivity index is 1.50. The number of allylic oxidation sites excluding steroid dienone is 2. The summed E-state index contributed by atoms with van der Waals surface area (Å²) in [7, 11) is 0. The highest BCUT2D eigenvalue weighted by molar-refractivity contribution is 7.11. The molecule has 0 radical (unpaired) electrons. The van der Waals surface area contributed by atoms with Gasteiger partial charge in [-0.2, -0.15) is 0 Å². The van der Waals surface area contributed by atoms with Crippen LogP contribution in [0.25, 0.3) is 23.3 Å². The largest absolute Gasteiger partial charge is 0.144 e. The molecule has 2 aliphatic rings. The maximum atomic E-state index is 2.52. The Morgan fingerprint density at radius 1 is 0.622 bits per heavy atom. The van der Waals surface area contributed by atoms with Crippen molar-refractivity contribution in [3.8, 4) is 0 Å². The van der Waals surface area contributed by atoms with E-state index in [1.54, 1.807) is 0 Å². The van der Waals surface area contributed by atoms with Crippen LogP contribution in [0, 0.1) is 5.41 Å². The molecule has 0 amide bonds. The Morgan fingerprint density at radius 2 is 1.03 bits per heavy atom. The Kier molecular flexibility index (Phi) is 6.17. The lowest BCUT2D eigenvalue weighted by Gasteiger charge is -2.41. The van der Waals surface area contributed by atoms with Crippen molar-refractivity contribution in [3.05, 3.63) is 115 Å². The second-order valence-corrected chi connectivity index (χ2v) is 13.8. The van der Waals surface area contributed by atoms with E-state index >= 15 is 0 Å². The van der Waals surface area contributed by atoms with Gasteiger partial charge in [-0.25, -0.2) is 0 Å². The van der Waals surface area contributed by atoms with Gasteiger partial charge in [0.05, 0.1) is 0 Å². The smallest absolute Gasteiger partial charge is 0.0311 e. The van der Waals surface area contributed by atoms with Crippen LogP contribution in [-0.4, -0.2) is 0 Å². The Morgan fingerprint density at radius 3 is 1.41 bits per heavy atom. The minimum absolute atomic E-state index is 0.0269. The fourth-order valence-electron chi connectivity index (χ4n) is 6.45. The standard InChI is InChI=1S/C35H36S2/c1-21(2)25-17-31(36-19-25)29-15-23-11-7-9-13-27(23)33(29)35(5,6)34-28-14-10-8-12-24(28)16-30(34)32-18-26(20-37-32)22(3)4/h7-22,33-34H,1-6H3. The maximum absolute atomic E-state index is 2.52. The van der Waals surface area contributed by atoms with Crippen molar-refractivity contribution in [2.75, 3.05) is 0 Å². The molecule has 2 heterocycles. The second-order valence-electron chi connectivity index (χ2n) is 11.9. The molecule has 0 aliphatic heterocycles. The molecule has 0 N–H and O–H groups in total. The van der Waals surface area contributed by atoms with Crippen LogP contribution in [0.2, 0.25) is 0 Å². The van der Waals surface area contributed by atoms with Crippen molar-refractivity contribution in [3.63, 3.8) is 0 Å². The molecule has 0 bridgehead atoms. The molecule has 0 saturated heterocycles. The van der Waals surface area contributed by atoms with Gasteiger partial charge in [0.1, 0.15) is 0 Å². The zero-order chi connectivity index (χ0) is 25.9. The summed E-state index contributed by atoms with van der Waals surface area (Å²) in [5, 5.41) is 4.73. The van der Waals surface area contributed by atoms with E-state index in [1.807, 2.05) is 22.7 Å². The van der Waals surface area contributed by atoms with Crippen LogP contribution < -0.4 is 0 Å². The van der Waals surface area contributed by atoms with E-state index in [1.165, 1.54) is 54.3 Å². The van der Waals surface area contributed by atoms with E-state index in [-0.39, 0.29) is 5.41 Å². The van der Waals surface area contributed by atoms with Crippen LogP contribution in [0.1, 0.15) is 108 Å². The maximum Gasteiger partial charge on any atom is 0.0311 e. The lowest BCUT2D eigenvalue weighted by Crippen LogP contribution is -2.29. The number of hydrogen-bond donors (Lipinski definition) is 0. The summed E-state index contributed by atoms with van der Waals surface area (Å²) in [5.41, 5.74) is 11.5. The normalized spacial score (nSPS) is 18.8. The quantitative estimate of drug-likeness (QED) is 0.237. The fraction of sp³-hybridized carbons (Fsp3) is 0.314. The highest BCUT2D eigenvalue weighted by Crippen LogP contribution is 2.62. The summed E-state index contributed by atoms with van der Waals surface area (Å²) < 4.78 is 0. The Labute approximate surface area is 230 Å². The molecular weight excluding hydrogens is 485 g/mol. The first-order valence-corrected chi connectivity index (χ1v) is 15.3. The van der Waals surface area contributed by atoms with Crippen molar-refractivity contribution in [2.24, 2.45) is 5.41 Å². The number of fused-ring (bicyclic) bond motifs is 2. The predicted molar refractivity (Wildman–Crippen MR) is 165 cm³/mol. The summed E-state index contributed by atoms with van der Waals surface area (Å²) in [5.74, 6) is 1.75. The molecule has 0 nitrogen and oxygen atoms in total. The molecule has 37 heavy (non-hydrogen) atoms. The number of rotatable bonds is 6. The van der Waals surface area contributed by atoms with E-state index in [2.05, 4.69) is 125 Å². The third-order valence-electron chi connectivity index (χ3n) is 8.49. The van der Waals surface area contributed by atoms with E-state index in [0.717, 1.165) is 0 Å². The molecule has 2 unspecified atom stereocenters. The summed E-state index contributed by atoms with van der Waals surface area (Å²) in [6.07, 6.45) is 4.95. The van der Waals surface area contributed by atoms with Gasteiger partial charge in [0, 0.05) is 21.6 Å². The molecule has 188 valence electrons. The van der Waals surface area contributed by atoms with Gasteiger partial charge in [0.15, 0.2) is 0 Å². The topological polar surface area (TPSA) is 0 Å². The van der Waals surface area contributed by atoms with Gasteiger partial charge < -0.3 is 0 Å². The molecule has 2 aromatic heterocycles. The first kappa shape index (κ1) is 24.6. The van der Waals surface area contributed by atoms with Crippen LogP contribution in [0.3, 0.4) is 0 Å². The van der Waals surface area contributed by atoms with Gasteiger partial charge >= 0.3 is 0 Å². The minimum atomic E-state index is -0.0269. The SMILES string of the molecule is CC(C)c1csc(C2=Cc3ccccc3C2C(C)(C)C2C(c3cc(C(C)C)cs3)=Cc3ccccc32)c1. The molecule has 2 heteroatoms. The van der Waals surface area contributed by atoms with Gasteiger partial charge in [0.2, 0.25) is 0 Å². The van der Waals surface area contributed by atoms with Gasteiger partial charge in [-0.3, -0.25) is 0 Å². The lowest BCUT2D eigenvalue weighted by molar-refractivity contribution is 0.304. The van der Waals surface area contributed by atoms with Crippen LogP contribution >= 0.6 is 22.7 Å². The lowest BCUT2D eigenvalue weighted by atomic mass is 9.62. The molecule has 0 fully saturated rings. The first-order chi connectivity index (χ1) is 17.8. The number of benzene rings is 2. The highest BCUT2D eigenvalue weighted by atomic mass is 32.1. The molecule has 2 atom stereocenters. The third kappa shape index (κ3) is 4.10. The van der Waals surface area contributed by atoms with Crippen molar-refractivity contribution in [2.45, 2.75) is 65.2 Å². The van der Waals surface area contributed by atoms with E-state index < -0.39 is 0 Å². The molecule has 2 aromatic carbocycles. The van der Waals surface area contributed by atoms with Crippen molar-refractivity contribution in [1.82, 2.24) is 0 Å². The van der Waals surface area contributed by atoms with Gasteiger partial charge in [-0.05, 0) is 96.8 Å². The summed E-state index contributed by atoms with van der Waals surface area (Å²) in [4.78, 5) is 2.85. The van der Waals surface area contributed by atoms with Crippen molar-refractivity contribution < 1.29 is 0 Å². The number of hydrogen-bond acceptors (Lipinski definition) is 2. The van der Waals surface area contributed by atoms with E-state index in [4.69, 9.17) is 0 Å². The Hall–Kier alpha value is -2.68. The summed E-state index contributed by atoms with van der Waals surface area (Å²) >= 11 is 3.83. The molecule has 0 spiro atoms. The van der Waals surface area contributed by atoms with E-state index in [0.29, 0.717) is 23.7 Å². The summed E-state index contributed by atoms with van der Waals surface area (Å²) in [6.45, 7) is 14.2. The molecular formula is C35H36S2. The third-order valence-corrected chi connectivity index (χ3v) is 10.5. The minimum Gasteiger partial charge on any atom is -0.144 e. The van der Waals surface area contributed by atoms with Crippen LogP contribution in [0.4, 0.5) is 0 Å². The van der Waals surface area contributed by atoms with E-state index in [9.17, 15) is 0 Å². The highest BCUT2D eigenvalue weighted by Gasteiger charge is 2.47.